The average Bonchev–Trinajstić information content (AvgIpc) is 3.03. The number of rotatable bonds is 6. The molecule has 1 aromatic rings. The highest BCUT2D eigenvalue weighted by atomic mass is 16.2. The molecular weight excluding hydrogens is 316 g/mol. The molecule has 2 aliphatic rings. The van der Waals surface area contributed by atoms with Gasteiger partial charge in [-0.15, -0.1) is 0 Å². The highest BCUT2D eigenvalue weighted by Crippen LogP contribution is 2.24. The van der Waals surface area contributed by atoms with Crippen molar-refractivity contribution < 1.29 is 4.79 Å². The molecular formula is C18H32N6O. The number of hydrogen-bond acceptors (Lipinski definition) is 4. The van der Waals surface area contributed by atoms with Crippen molar-refractivity contribution in [2.75, 3.05) is 39.3 Å². The minimum atomic E-state index is 0.115. The molecule has 25 heavy (non-hydrogen) atoms. The van der Waals surface area contributed by atoms with Crippen LogP contribution in [-0.2, 0) is 6.54 Å². The lowest BCUT2D eigenvalue weighted by Crippen LogP contribution is -2.52. The zero-order valence-corrected chi connectivity index (χ0v) is 15.3. The summed E-state index contributed by atoms with van der Waals surface area (Å²) in [5.74, 6) is 0.816. The third-order valence-electron chi connectivity index (χ3n) is 5.57. The smallest absolute Gasteiger partial charge is 0.317 e. The summed E-state index contributed by atoms with van der Waals surface area (Å²) in [6.45, 7) is 6.14. The Bertz CT molecular complexity index is 490. The Morgan fingerprint density at radius 1 is 1.04 bits per heavy atom. The first kappa shape index (κ1) is 18.2. The highest BCUT2D eigenvalue weighted by Gasteiger charge is 2.21. The number of aromatic nitrogens is 3. The molecule has 1 saturated heterocycles. The van der Waals surface area contributed by atoms with Crippen molar-refractivity contribution in [3.05, 3.63) is 12.7 Å². The molecule has 0 spiro atoms. The van der Waals surface area contributed by atoms with Crippen LogP contribution in [0.3, 0.4) is 0 Å². The van der Waals surface area contributed by atoms with Gasteiger partial charge in [-0.3, -0.25) is 9.58 Å². The Labute approximate surface area is 150 Å². The van der Waals surface area contributed by atoms with E-state index in [-0.39, 0.29) is 6.03 Å². The van der Waals surface area contributed by atoms with Gasteiger partial charge in [-0.25, -0.2) is 9.78 Å². The Hall–Kier alpha value is -1.63. The minimum Gasteiger partial charge on any atom is -0.338 e. The molecule has 7 nitrogen and oxygen atoms in total. The Balaban J connectivity index is 1.28. The third kappa shape index (κ3) is 5.99. The number of hydrogen-bond donors (Lipinski definition) is 1. The van der Waals surface area contributed by atoms with E-state index >= 15 is 0 Å². The fourth-order valence-corrected chi connectivity index (χ4v) is 3.91. The van der Waals surface area contributed by atoms with Gasteiger partial charge in [0, 0.05) is 39.3 Å². The van der Waals surface area contributed by atoms with Gasteiger partial charge in [-0.2, -0.15) is 5.10 Å². The number of piperazine rings is 1. The van der Waals surface area contributed by atoms with E-state index in [2.05, 4.69) is 20.3 Å². The molecule has 2 heterocycles. The Kier molecular flexibility index (Phi) is 7.09. The molecule has 2 fully saturated rings. The summed E-state index contributed by atoms with van der Waals surface area (Å²) in [6, 6.07) is 0.115. The van der Waals surface area contributed by atoms with Crippen molar-refractivity contribution in [2.45, 2.75) is 51.5 Å². The van der Waals surface area contributed by atoms with Gasteiger partial charge in [0.2, 0.25) is 0 Å². The molecule has 1 aliphatic carbocycles. The van der Waals surface area contributed by atoms with Gasteiger partial charge in [-0.05, 0) is 12.3 Å². The van der Waals surface area contributed by atoms with Crippen LogP contribution in [0.2, 0.25) is 0 Å². The van der Waals surface area contributed by atoms with Gasteiger partial charge in [0.25, 0.3) is 0 Å². The minimum absolute atomic E-state index is 0.115. The first-order valence-corrected chi connectivity index (χ1v) is 9.89. The monoisotopic (exact) mass is 348 g/mol. The zero-order valence-electron chi connectivity index (χ0n) is 15.3. The van der Waals surface area contributed by atoms with Crippen molar-refractivity contribution >= 4 is 6.03 Å². The van der Waals surface area contributed by atoms with Crippen LogP contribution in [0.15, 0.2) is 12.7 Å². The van der Waals surface area contributed by atoms with Gasteiger partial charge in [0.1, 0.15) is 12.7 Å². The van der Waals surface area contributed by atoms with Gasteiger partial charge < -0.3 is 10.2 Å². The molecule has 1 saturated carbocycles. The average molecular weight is 348 g/mol. The normalized spacial score (nSPS) is 20.4. The van der Waals surface area contributed by atoms with Crippen molar-refractivity contribution in [1.82, 2.24) is 29.9 Å². The molecule has 140 valence electrons. The van der Waals surface area contributed by atoms with Gasteiger partial charge in [0.15, 0.2) is 0 Å². The van der Waals surface area contributed by atoms with E-state index in [0.29, 0.717) is 0 Å². The first-order valence-electron chi connectivity index (χ1n) is 9.89. The lowest BCUT2D eigenvalue weighted by atomic mass is 9.97. The summed E-state index contributed by atoms with van der Waals surface area (Å²) in [5, 5.41) is 7.26. The molecule has 0 bridgehead atoms. The van der Waals surface area contributed by atoms with Gasteiger partial charge in [-0.1, -0.05) is 38.5 Å². The largest absolute Gasteiger partial charge is 0.338 e. The SMILES string of the molecule is O=C(NCCC1CCCCCC1)N1CCN(CCn2cncn2)CC1. The number of carbonyl (C=O) groups excluding carboxylic acids is 1. The van der Waals surface area contributed by atoms with Crippen LogP contribution < -0.4 is 5.32 Å². The third-order valence-corrected chi connectivity index (χ3v) is 5.57. The lowest BCUT2D eigenvalue weighted by molar-refractivity contribution is 0.135. The van der Waals surface area contributed by atoms with E-state index in [0.717, 1.165) is 58.2 Å². The van der Waals surface area contributed by atoms with E-state index in [1.54, 1.807) is 12.7 Å². The zero-order chi connectivity index (χ0) is 17.3. The summed E-state index contributed by atoms with van der Waals surface area (Å²) < 4.78 is 1.85. The van der Waals surface area contributed by atoms with E-state index in [4.69, 9.17) is 0 Å². The molecule has 0 atom stereocenters. The van der Waals surface area contributed by atoms with Crippen LogP contribution in [0, 0.1) is 5.92 Å². The van der Waals surface area contributed by atoms with Crippen LogP contribution in [0.5, 0.6) is 0 Å². The number of carbonyl (C=O) groups is 1. The van der Waals surface area contributed by atoms with Crippen molar-refractivity contribution in [2.24, 2.45) is 5.92 Å². The van der Waals surface area contributed by atoms with Crippen molar-refractivity contribution in [1.29, 1.82) is 0 Å². The maximum atomic E-state index is 12.3. The molecule has 1 aromatic heterocycles. The van der Waals surface area contributed by atoms with Gasteiger partial charge >= 0.3 is 6.03 Å². The summed E-state index contributed by atoms with van der Waals surface area (Å²) in [7, 11) is 0. The number of amides is 2. The second kappa shape index (κ2) is 9.75. The molecule has 0 aromatic carbocycles. The lowest BCUT2D eigenvalue weighted by Gasteiger charge is -2.34. The van der Waals surface area contributed by atoms with Crippen molar-refractivity contribution in [3.8, 4) is 0 Å². The van der Waals surface area contributed by atoms with E-state index in [1.807, 2.05) is 9.58 Å². The fraction of sp³-hybridized carbons (Fsp3) is 0.833. The molecule has 1 N–H and O–H groups in total. The number of urea groups is 1. The Morgan fingerprint density at radius 2 is 1.80 bits per heavy atom. The molecule has 0 radical (unpaired) electrons. The predicted octanol–water partition coefficient (Wildman–Crippen LogP) is 1.97. The van der Waals surface area contributed by atoms with Crippen LogP contribution in [-0.4, -0.2) is 69.9 Å². The Morgan fingerprint density at radius 3 is 2.48 bits per heavy atom. The molecule has 1 aliphatic heterocycles. The number of nitrogens with one attached hydrogen (secondary N) is 1. The summed E-state index contributed by atoms with van der Waals surface area (Å²) in [4.78, 5) is 20.6. The maximum Gasteiger partial charge on any atom is 0.317 e. The molecule has 0 unspecified atom stereocenters. The second-order valence-electron chi connectivity index (χ2n) is 7.37. The van der Waals surface area contributed by atoms with Crippen LogP contribution >= 0.6 is 0 Å². The first-order chi connectivity index (χ1) is 12.3. The van der Waals surface area contributed by atoms with Crippen LogP contribution in [0.25, 0.3) is 0 Å². The molecule has 2 amide bonds. The molecule has 3 rings (SSSR count). The van der Waals surface area contributed by atoms with E-state index in [9.17, 15) is 4.79 Å². The standard InChI is InChI=1S/C18H32N6O/c25-18(20-8-7-17-5-3-1-2-4-6-17)23-12-9-22(10-13-23)11-14-24-16-19-15-21-24/h15-17H,1-14H2,(H,20,25). The van der Waals surface area contributed by atoms with E-state index in [1.165, 1.54) is 38.5 Å². The summed E-state index contributed by atoms with van der Waals surface area (Å²) >= 11 is 0. The van der Waals surface area contributed by atoms with Crippen molar-refractivity contribution in [3.63, 3.8) is 0 Å². The summed E-state index contributed by atoms with van der Waals surface area (Å²) in [5.41, 5.74) is 0. The second-order valence-corrected chi connectivity index (χ2v) is 7.37. The van der Waals surface area contributed by atoms with E-state index < -0.39 is 0 Å². The van der Waals surface area contributed by atoms with Crippen LogP contribution in [0.4, 0.5) is 4.79 Å². The highest BCUT2D eigenvalue weighted by molar-refractivity contribution is 5.74. The fourth-order valence-electron chi connectivity index (χ4n) is 3.91. The summed E-state index contributed by atoms with van der Waals surface area (Å²) in [6.07, 6.45) is 12.7. The number of nitrogens with zero attached hydrogens (tertiary/aromatic N) is 5. The van der Waals surface area contributed by atoms with Crippen LogP contribution in [0.1, 0.15) is 44.9 Å². The quantitative estimate of drug-likeness (QED) is 0.798. The van der Waals surface area contributed by atoms with Gasteiger partial charge in [0.05, 0.1) is 6.54 Å². The topological polar surface area (TPSA) is 66.3 Å². The predicted molar refractivity (Wildman–Crippen MR) is 97.2 cm³/mol. The molecule has 7 heteroatoms. The maximum absolute atomic E-state index is 12.3.